The van der Waals surface area contributed by atoms with E-state index in [9.17, 15) is 0 Å². The van der Waals surface area contributed by atoms with Crippen LogP contribution in [0, 0.1) is 5.41 Å². The minimum Gasteiger partial charge on any atom is -0.271 e. The van der Waals surface area contributed by atoms with Crippen LogP contribution in [0.25, 0.3) is 0 Å². The Morgan fingerprint density at radius 2 is 1.95 bits per heavy atom. The smallest absolute Gasteiger partial charge is 0.0513 e. The van der Waals surface area contributed by atoms with Crippen molar-refractivity contribution < 1.29 is 0 Å². The van der Waals surface area contributed by atoms with Crippen LogP contribution in [0.5, 0.6) is 0 Å². The van der Waals surface area contributed by atoms with Gasteiger partial charge in [-0.1, -0.05) is 50.5 Å². The van der Waals surface area contributed by atoms with Gasteiger partial charge in [0.15, 0.2) is 0 Å². The molecule has 0 heterocycles. The van der Waals surface area contributed by atoms with Crippen molar-refractivity contribution in [2.45, 2.75) is 63.8 Å². The number of rotatable bonds is 4. The lowest BCUT2D eigenvalue weighted by molar-refractivity contribution is 0.224. The SMILES string of the molecule is CC1(C(NN)c2cccc(C3CCC3)c2)CCCC1. The minimum atomic E-state index is 0.301. The lowest BCUT2D eigenvalue weighted by Gasteiger charge is -2.35. The van der Waals surface area contributed by atoms with Crippen LogP contribution in [0.1, 0.15) is 75.0 Å². The van der Waals surface area contributed by atoms with E-state index < -0.39 is 0 Å². The van der Waals surface area contributed by atoms with E-state index in [-0.39, 0.29) is 0 Å². The predicted octanol–water partition coefficient (Wildman–Crippen LogP) is 4.04. The fraction of sp³-hybridized carbons (Fsp3) is 0.647. The van der Waals surface area contributed by atoms with E-state index in [4.69, 9.17) is 5.84 Å². The van der Waals surface area contributed by atoms with Crippen LogP contribution in [0.15, 0.2) is 24.3 Å². The molecule has 1 aromatic rings. The average molecular weight is 258 g/mol. The Hall–Kier alpha value is -0.860. The topological polar surface area (TPSA) is 38.0 Å². The van der Waals surface area contributed by atoms with E-state index in [1.54, 1.807) is 0 Å². The largest absolute Gasteiger partial charge is 0.271 e. The second kappa shape index (κ2) is 5.26. The van der Waals surface area contributed by atoms with Gasteiger partial charge in [-0.2, -0.15) is 0 Å². The molecule has 0 saturated heterocycles. The second-order valence-corrected chi connectivity index (χ2v) is 6.76. The Morgan fingerprint density at radius 1 is 1.21 bits per heavy atom. The maximum atomic E-state index is 5.89. The van der Waals surface area contributed by atoms with Gasteiger partial charge in [-0.05, 0) is 48.1 Å². The summed E-state index contributed by atoms with van der Waals surface area (Å²) in [5, 5.41) is 0. The number of nitrogens with one attached hydrogen (secondary N) is 1. The van der Waals surface area contributed by atoms with Crippen LogP contribution >= 0.6 is 0 Å². The van der Waals surface area contributed by atoms with Crippen molar-refractivity contribution >= 4 is 0 Å². The van der Waals surface area contributed by atoms with Crippen molar-refractivity contribution in [3.63, 3.8) is 0 Å². The first kappa shape index (κ1) is 13.1. The fourth-order valence-corrected chi connectivity index (χ4v) is 3.91. The summed E-state index contributed by atoms with van der Waals surface area (Å²) in [6, 6.07) is 9.45. The summed E-state index contributed by atoms with van der Waals surface area (Å²) >= 11 is 0. The molecule has 0 aromatic heterocycles. The number of hydrogen-bond acceptors (Lipinski definition) is 2. The van der Waals surface area contributed by atoms with Gasteiger partial charge in [0.1, 0.15) is 0 Å². The highest BCUT2D eigenvalue weighted by Gasteiger charge is 2.37. The molecule has 0 spiro atoms. The molecule has 2 nitrogen and oxygen atoms in total. The van der Waals surface area contributed by atoms with Crippen LogP contribution < -0.4 is 11.3 Å². The third-order valence-electron chi connectivity index (χ3n) is 5.43. The first-order valence-electron chi connectivity index (χ1n) is 7.79. The minimum absolute atomic E-state index is 0.301. The van der Waals surface area contributed by atoms with E-state index in [0.717, 1.165) is 5.92 Å². The molecule has 104 valence electrons. The third-order valence-corrected chi connectivity index (χ3v) is 5.43. The van der Waals surface area contributed by atoms with Gasteiger partial charge in [-0.3, -0.25) is 11.3 Å². The molecule has 19 heavy (non-hydrogen) atoms. The standard InChI is InChI=1S/C17H26N2/c1-17(10-2-3-11-17)16(19-18)15-9-5-8-14(12-15)13-6-4-7-13/h5,8-9,12-13,16,19H,2-4,6-7,10-11,18H2,1H3. The maximum absolute atomic E-state index is 5.89. The van der Waals surface area contributed by atoms with E-state index in [0.29, 0.717) is 11.5 Å². The summed E-state index contributed by atoms with van der Waals surface area (Å²) in [7, 11) is 0. The number of nitrogens with two attached hydrogens (primary N) is 1. The zero-order valence-electron chi connectivity index (χ0n) is 12.0. The van der Waals surface area contributed by atoms with Crippen molar-refractivity contribution in [3.8, 4) is 0 Å². The molecule has 0 aliphatic heterocycles. The van der Waals surface area contributed by atoms with E-state index in [1.165, 1.54) is 56.1 Å². The molecule has 1 aromatic carbocycles. The predicted molar refractivity (Wildman–Crippen MR) is 79.7 cm³/mol. The molecule has 3 N–H and O–H groups in total. The molecule has 3 rings (SSSR count). The number of hydrogen-bond donors (Lipinski definition) is 2. The van der Waals surface area contributed by atoms with Crippen LogP contribution in [-0.4, -0.2) is 0 Å². The summed E-state index contributed by atoms with van der Waals surface area (Å²) in [4.78, 5) is 0. The van der Waals surface area contributed by atoms with Gasteiger partial charge in [-0.25, -0.2) is 0 Å². The molecule has 0 bridgehead atoms. The highest BCUT2D eigenvalue weighted by Crippen LogP contribution is 2.47. The lowest BCUT2D eigenvalue weighted by atomic mass is 9.75. The molecule has 2 aliphatic rings. The van der Waals surface area contributed by atoms with Crippen molar-refractivity contribution in [1.29, 1.82) is 0 Å². The van der Waals surface area contributed by atoms with Crippen molar-refractivity contribution in [3.05, 3.63) is 35.4 Å². The molecule has 2 aliphatic carbocycles. The Kier molecular flexibility index (Phi) is 3.64. The third kappa shape index (κ3) is 2.44. The Bertz CT molecular complexity index is 431. The monoisotopic (exact) mass is 258 g/mol. The van der Waals surface area contributed by atoms with Gasteiger partial charge in [0.2, 0.25) is 0 Å². The molecule has 1 unspecified atom stereocenters. The Morgan fingerprint density at radius 3 is 2.53 bits per heavy atom. The first-order chi connectivity index (χ1) is 9.23. The zero-order chi connectivity index (χ0) is 13.3. The molecular weight excluding hydrogens is 232 g/mol. The average Bonchev–Trinajstić information content (AvgIpc) is 2.76. The Labute approximate surface area is 116 Å². The summed E-state index contributed by atoms with van der Waals surface area (Å²) in [5.74, 6) is 6.69. The molecular formula is C17H26N2. The summed E-state index contributed by atoms with van der Waals surface area (Å²) in [5.41, 5.74) is 6.33. The van der Waals surface area contributed by atoms with Crippen LogP contribution in [0.2, 0.25) is 0 Å². The van der Waals surface area contributed by atoms with Gasteiger partial charge in [-0.15, -0.1) is 0 Å². The quantitative estimate of drug-likeness (QED) is 0.632. The lowest BCUT2D eigenvalue weighted by Crippen LogP contribution is -2.38. The van der Waals surface area contributed by atoms with Gasteiger partial charge < -0.3 is 0 Å². The van der Waals surface area contributed by atoms with E-state index in [2.05, 4.69) is 36.6 Å². The van der Waals surface area contributed by atoms with Crippen LogP contribution in [0.3, 0.4) is 0 Å². The highest BCUT2D eigenvalue weighted by molar-refractivity contribution is 5.31. The first-order valence-corrected chi connectivity index (χ1v) is 7.79. The van der Waals surface area contributed by atoms with Gasteiger partial charge in [0.25, 0.3) is 0 Å². The summed E-state index contributed by atoms with van der Waals surface area (Å²) in [6.45, 7) is 2.39. The number of hydrazine groups is 1. The second-order valence-electron chi connectivity index (χ2n) is 6.76. The molecule has 0 amide bonds. The van der Waals surface area contributed by atoms with Gasteiger partial charge in [0.05, 0.1) is 6.04 Å². The molecule has 2 saturated carbocycles. The molecule has 0 radical (unpaired) electrons. The van der Waals surface area contributed by atoms with Gasteiger partial charge >= 0.3 is 0 Å². The van der Waals surface area contributed by atoms with Crippen molar-refractivity contribution in [2.24, 2.45) is 11.3 Å². The molecule has 1 atom stereocenters. The van der Waals surface area contributed by atoms with Crippen LogP contribution in [0.4, 0.5) is 0 Å². The number of benzene rings is 1. The zero-order valence-corrected chi connectivity index (χ0v) is 12.0. The fourth-order valence-electron chi connectivity index (χ4n) is 3.91. The molecule has 2 fully saturated rings. The van der Waals surface area contributed by atoms with Gasteiger partial charge in [0, 0.05) is 0 Å². The van der Waals surface area contributed by atoms with Crippen molar-refractivity contribution in [1.82, 2.24) is 5.43 Å². The Balaban J connectivity index is 1.86. The van der Waals surface area contributed by atoms with Crippen molar-refractivity contribution in [2.75, 3.05) is 0 Å². The van der Waals surface area contributed by atoms with E-state index in [1.807, 2.05) is 0 Å². The highest BCUT2D eigenvalue weighted by atomic mass is 15.2. The van der Waals surface area contributed by atoms with Crippen LogP contribution in [-0.2, 0) is 0 Å². The normalized spacial score (nSPS) is 24.1. The summed E-state index contributed by atoms with van der Waals surface area (Å²) in [6.07, 6.45) is 9.38. The maximum Gasteiger partial charge on any atom is 0.0513 e. The summed E-state index contributed by atoms with van der Waals surface area (Å²) < 4.78 is 0. The van der Waals surface area contributed by atoms with E-state index >= 15 is 0 Å². The molecule has 2 heteroatoms.